The summed E-state index contributed by atoms with van der Waals surface area (Å²) >= 11 is 11.5. The van der Waals surface area contributed by atoms with E-state index in [0.29, 0.717) is 16.5 Å². The van der Waals surface area contributed by atoms with Crippen molar-refractivity contribution in [3.63, 3.8) is 0 Å². The van der Waals surface area contributed by atoms with Crippen molar-refractivity contribution in [2.75, 3.05) is 10.0 Å². The average Bonchev–Trinajstić information content (AvgIpc) is 3.21. The van der Waals surface area contributed by atoms with Gasteiger partial charge in [0.15, 0.2) is 10.8 Å². The van der Waals surface area contributed by atoms with Crippen LogP contribution in [0, 0.1) is 0 Å². The first-order valence-corrected chi connectivity index (χ1v) is 12.5. The molecular formula is C25H20BrClN4OS. The van der Waals surface area contributed by atoms with Crippen LogP contribution in [-0.4, -0.2) is 21.5 Å². The lowest BCUT2D eigenvalue weighted by molar-refractivity contribution is -0.110. The number of hydrogen-bond donors (Lipinski definition) is 0. The first-order valence-electron chi connectivity index (χ1n) is 10.5. The van der Waals surface area contributed by atoms with E-state index in [4.69, 9.17) is 21.8 Å². The number of para-hydroxylation sites is 2. The SMILES string of the molecule is CC(=O)C1=NN(c2ccccc2Cl)C2(CCC(c3ccc(Br)cc3)=NN2c2ccccc2)S1. The number of ketones is 1. The summed E-state index contributed by atoms with van der Waals surface area (Å²) in [5.41, 5.74) is 3.70. The molecule has 1 spiro atoms. The Bertz CT molecular complexity index is 1260. The molecule has 2 aliphatic rings. The summed E-state index contributed by atoms with van der Waals surface area (Å²) in [6, 6.07) is 25.7. The van der Waals surface area contributed by atoms with Gasteiger partial charge in [-0.25, -0.2) is 10.0 Å². The maximum atomic E-state index is 12.4. The normalized spacial score (nSPS) is 20.1. The van der Waals surface area contributed by atoms with E-state index in [9.17, 15) is 4.79 Å². The molecule has 1 atom stereocenters. The fourth-order valence-corrected chi connectivity index (χ4v) is 5.71. The van der Waals surface area contributed by atoms with Gasteiger partial charge in [-0.1, -0.05) is 70.0 Å². The summed E-state index contributed by atoms with van der Waals surface area (Å²) in [5, 5.41) is 14.7. The number of hydrogen-bond acceptors (Lipinski definition) is 6. The second kappa shape index (κ2) is 8.97. The summed E-state index contributed by atoms with van der Waals surface area (Å²) in [6.45, 7) is 1.54. The fraction of sp³-hybridized carbons (Fsp3) is 0.160. The lowest BCUT2D eigenvalue weighted by Gasteiger charge is -2.46. The van der Waals surface area contributed by atoms with Crippen LogP contribution in [0.2, 0.25) is 5.02 Å². The standard InChI is InChI=1S/C25H20BrClN4OS/c1-17(32)24-29-31(23-10-6-5-9-21(23)27)25(33-24)16-15-22(18-11-13-19(26)14-12-18)28-30(25)20-7-3-2-4-8-20/h2-14H,15-16H2,1H3. The van der Waals surface area contributed by atoms with Gasteiger partial charge in [-0.2, -0.15) is 10.2 Å². The van der Waals surface area contributed by atoms with Gasteiger partial charge >= 0.3 is 0 Å². The number of hydrazone groups is 2. The molecule has 3 aromatic rings. The van der Waals surface area contributed by atoms with E-state index in [1.165, 1.54) is 11.8 Å². The van der Waals surface area contributed by atoms with Crippen molar-refractivity contribution < 1.29 is 4.79 Å². The third-order valence-corrected chi connectivity index (χ3v) is 7.87. The Morgan fingerprint density at radius 1 is 0.970 bits per heavy atom. The molecule has 2 aliphatic heterocycles. The first kappa shape index (κ1) is 22.2. The van der Waals surface area contributed by atoms with Gasteiger partial charge in [0.05, 0.1) is 22.1 Å². The Balaban J connectivity index is 1.68. The van der Waals surface area contributed by atoms with Crippen LogP contribution in [0.3, 0.4) is 0 Å². The molecule has 3 aromatic carbocycles. The van der Waals surface area contributed by atoms with Crippen LogP contribution in [0.25, 0.3) is 0 Å². The van der Waals surface area contributed by atoms with Gasteiger partial charge in [0.2, 0.25) is 4.99 Å². The molecule has 0 amide bonds. The molecule has 0 saturated carbocycles. The smallest absolute Gasteiger partial charge is 0.208 e. The Morgan fingerprint density at radius 3 is 2.36 bits per heavy atom. The van der Waals surface area contributed by atoms with Crippen LogP contribution in [0.15, 0.2) is 93.5 Å². The molecule has 8 heteroatoms. The molecule has 33 heavy (non-hydrogen) atoms. The third kappa shape index (κ3) is 4.09. The largest absolute Gasteiger partial charge is 0.292 e. The van der Waals surface area contributed by atoms with E-state index >= 15 is 0 Å². The van der Waals surface area contributed by atoms with Crippen molar-refractivity contribution in [1.29, 1.82) is 0 Å². The monoisotopic (exact) mass is 538 g/mol. The second-order valence-corrected chi connectivity index (χ2v) is 10.3. The van der Waals surface area contributed by atoms with Crippen molar-refractivity contribution >= 4 is 67.2 Å². The number of nitrogens with zero attached hydrogens (tertiary/aromatic N) is 4. The van der Waals surface area contributed by atoms with Gasteiger partial charge in [0.25, 0.3) is 0 Å². The molecule has 0 fully saturated rings. The fourth-order valence-electron chi connectivity index (χ4n) is 3.99. The molecule has 0 bridgehead atoms. The highest BCUT2D eigenvalue weighted by Gasteiger charge is 2.53. The third-order valence-electron chi connectivity index (χ3n) is 5.58. The van der Waals surface area contributed by atoms with E-state index in [2.05, 4.69) is 28.1 Å². The zero-order chi connectivity index (χ0) is 23.0. The van der Waals surface area contributed by atoms with E-state index in [1.54, 1.807) is 6.92 Å². The summed E-state index contributed by atoms with van der Waals surface area (Å²) in [6.07, 6.45) is 1.41. The summed E-state index contributed by atoms with van der Waals surface area (Å²) in [7, 11) is 0. The van der Waals surface area contributed by atoms with Crippen LogP contribution in [-0.2, 0) is 4.79 Å². The Kier molecular flexibility index (Phi) is 6.03. The molecule has 2 heterocycles. The van der Waals surface area contributed by atoms with Crippen molar-refractivity contribution in [3.8, 4) is 0 Å². The molecule has 0 aromatic heterocycles. The molecule has 0 radical (unpaired) electrons. The number of halogens is 2. The van der Waals surface area contributed by atoms with Gasteiger partial charge in [0.1, 0.15) is 0 Å². The molecule has 0 aliphatic carbocycles. The number of benzene rings is 3. The minimum absolute atomic E-state index is 0.0790. The topological polar surface area (TPSA) is 48.3 Å². The van der Waals surface area contributed by atoms with E-state index in [1.807, 2.05) is 76.7 Å². The summed E-state index contributed by atoms with van der Waals surface area (Å²) in [5.74, 6) is -0.0790. The van der Waals surface area contributed by atoms with Gasteiger partial charge in [-0.3, -0.25) is 4.79 Å². The highest BCUT2D eigenvalue weighted by Crippen LogP contribution is 2.51. The van der Waals surface area contributed by atoms with E-state index in [0.717, 1.165) is 33.5 Å². The second-order valence-electron chi connectivity index (χ2n) is 7.77. The average molecular weight is 540 g/mol. The van der Waals surface area contributed by atoms with Crippen molar-refractivity contribution in [3.05, 3.63) is 93.9 Å². The van der Waals surface area contributed by atoms with E-state index < -0.39 is 4.99 Å². The van der Waals surface area contributed by atoms with Gasteiger partial charge in [0, 0.05) is 17.8 Å². The van der Waals surface area contributed by atoms with Crippen LogP contribution in [0.4, 0.5) is 11.4 Å². The van der Waals surface area contributed by atoms with Crippen LogP contribution in [0.1, 0.15) is 25.3 Å². The van der Waals surface area contributed by atoms with Crippen molar-refractivity contribution in [2.45, 2.75) is 24.8 Å². The lowest BCUT2D eigenvalue weighted by atomic mass is 10.0. The Morgan fingerprint density at radius 2 is 1.67 bits per heavy atom. The van der Waals surface area contributed by atoms with E-state index in [-0.39, 0.29) is 5.78 Å². The molecule has 166 valence electrons. The van der Waals surface area contributed by atoms with Gasteiger partial charge < -0.3 is 0 Å². The zero-order valence-corrected chi connectivity index (χ0v) is 20.9. The lowest BCUT2D eigenvalue weighted by Crippen LogP contribution is -2.56. The quantitative estimate of drug-likeness (QED) is 0.361. The van der Waals surface area contributed by atoms with Gasteiger partial charge in [-0.05, 0) is 60.1 Å². The highest BCUT2D eigenvalue weighted by molar-refractivity contribution is 9.10. The Labute approximate surface area is 210 Å². The number of thioether (sulfide) groups is 1. The number of Topliss-reactive ketones (excluding diaryl/α,β-unsaturated/α-hetero) is 1. The Hall–Kier alpha value is -2.61. The number of carbonyl (C=O) groups is 1. The van der Waals surface area contributed by atoms with Crippen molar-refractivity contribution in [2.24, 2.45) is 10.2 Å². The molecular weight excluding hydrogens is 520 g/mol. The predicted molar refractivity (Wildman–Crippen MR) is 141 cm³/mol. The molecule has 5 nitrogen and oxygen atoms in total. The molecule has 5 rings (SSSR count). The minimum atomic E-state index is -0.758. The van der Waals surface area contributed by atoms with Crippen molar-refractivity contribution in [1.82, 2.24) is 0 Å². The molecule has 1 unspecified atom stereocenters. The number of rotatable bonds is 4. The zero-order valence-electron chi connectivity index (χ0n) is 17.8. The van der Waals surface area contributed by atoms with Crippen LogP contribution in [0.5, 0.6) is 0 Å². The van der Waals surface area contributed by atoms with Crippen LogP contribution < -0.4 is 10.0 Å². The highest BCUT2D eigenvalue weighted by atomic mass is 79.9. The number of carbonyl (C=O) groups excluding carboxylic acids is 1. The minimum Gasteiger partial charge on any atom is -0.292 e. The summed E-state index contributed by atoms with van der Waals surface area (Å²) in [4.78, 5) is 11.7. The maximum absolute atomic E-state index is 12.4. The predicted octanol–water partition coefficient (Wildman–Crippen LogP) is 6.92. The van der Waals surface area contributed by atoms with Crippen LogP contribution >= 0.6 is 39.3 Å². The molecule has 0 N–H and O–H groups in total. The molecule has 0 saturated heterocycles. The number of anilines is 2. The maximum Gasteiger partial charge on any atom is 0.208 e. The summed E-state index contributed by atoms with van der Waals surface area (Å²) < 4.78 is 1.02. The first-order chi connectivity index (χ1) is 16.0. The van der Waals surface area contributed by atoms with Gasteiger partial charge in [-0.15, -0.1) is 0 Å².